The predicted molar refractivity (Wildman–Crippen MR) is 148 cm³/mol. The summed E-state index contributed by atoms with van der Waals surface area (Å²) in [5, 5.41) is 12.2. The number of ether oxygens (including phenoxy) is 4. The van der Waals surface area contributed by atoms with Crippen LogP contribution in [-0.4, -0.2) is 36.8 Å². The van der Waals surface area contributed by atoms with E-state index in [9.17, 15) is 9.90 Å². The lowest BCUT2D eigenvalue weighted by Crippen LogP contribution is -2.38. The highest BCUT2D eigenvalue weighted by Crippen LogP contribution is 2.43. The van der Waals surface area contributed by atoms with E-state index >= 15 is 0 Å². The van der Waals surface area contributed by atoms with Crippen molar-refractivity contribution in [3.63, 3.8) is 0 Å². The number of para-hydroxylation sites is 1. The molecule has 200 valence electrons. The lowest BCUT2D eigenvalue weighted by Gasteiger charge is -2.41. The predicted octanol–water partition coefficient (Wildman–Crippen LogP) is 6.51. The maximum Gasteiger partial charge on any atom is 0.411 e. The Kier molecular flexibility index (Phi) is 9.84. The molecule has 0 unspecified atom stereocenters. The summed E-state index contributed by atoms with van der Waals surface area (Å²) in [5.74, 6) is 1.61. The van der Waals surface area contributed by atoms with Crippen LogP contribution in [0, 0.1) is 5.92 Å². The van der Waals surface area contributed by atoms with Crippen LogP contribution in [0.25, 0.3) is 0 Å². The average molecular weight is 536 g/mol. The van der Waals surface area contributed by atoms with Gasteiger partial charge in [-0.3, -0.25) is 5.32 Å². The molecule has 1 heterocycles. The summed E-state index contributed by atoms with van der Waals surface area (Å²) in [6.07, 6.45) is 0.0436. The zero-order chi connectivity index (χ0) is 26.9. The lowest BCUT2D eigenvalue weighted by atomic mass is 9.91. The maximum absolute atomic E-state index is 11.9. The van der Waals surface area contributed by atoms with Gasteiger partial charge in [0.25, 0.3) is 0 Å². The van der Waals surface area contributed by atoms with Gasteiger partial charge in [0.2, 0.25) is 0 Å². The molecule has 0 radical (unpaired) electrons. The molecule has 8 heteroatoms. The van der Waals surface area contributed by atoms with Gasteiger partial charge in [-0.25, -0.2) is 4.79 Å². The molecule has 4 atom stereocenters. The van der Waals surface area contributed by atoms with Crippen molar-refractivity contribution in [3.8, 4) is 5.75 Å². The van der Waals surface area contributed by atoms with E-state index in [2.05, 4.69) is 18.8 Å². The van der Waals surface area contributed by atoms with Gasteiger partial charge in [-0.15, -0.1) is 11.8 Å². The van der Waals surface area contributed by atoms with E-state index in [0.29, 0.717) is 11.4 Å². The number of aliphatic hydroxyl groups is 1. The third-order valence-electron chi connectivity index (χ3n) is 6.36. The molecule has 0 bridgehead atoms. The summed E-state index contributed by atoms with van der Waals surface area (Å²) in [6, 6.07) is 23.1. The minimum Gasteiger partial charge on any atom is -0.496 e. The minimum atomic E-state index is -0.598. The van der Waals surface area contributed by atoms with Gasteiger partial charge in [0.1, 0.15) is 12.4 Å². The topological polar surface area (TPSA) is 86.3 Å². The number of nitrogens with one attached hydrogen (secondary N) is 1. The first kappa shape index (κ1) is 27.7. The molecule has 3 aromatic rings. The van der Waals surface area contributed by atoms with Crippen molar-refractivity contribution in [3.05, 3.63) is 102 Å². The number of rotatable bonds is 10. The fourth-order valence-electron chi connectivity index (χ4n) is 4.23. The van der Waals surface area contributed by atoms with Crippen LogP contribution in [-0.2, 0) is 20.8 Å². The van der Waals surface area contributed by atoms with Crippen molar-refractivity contribution >= 4 is 23.5 Å². The molecule has 1 aliphatic rings. The monoisotopic (exact) mass is 535 g/mol. The number of hydrogen-bond acceptors (Lipinski definition) is 7. The van der Waals surface area contributed by atoms with E-state index in [4.69, 9.17) is 18.9 Å². The summed E-state index contributed by atoms with van der Waals surface area (Å²) in [4.78, 5) is 12.9. The number of benzene rings is 3. The highest BCUT2D eigenvalue weighted by Gasteiger charge is 2.38. The molecule has 1 saturated heterocycles. The van der Waals surface area contributed by atoms with E-state index in [1.807, 2.05) is 60.7 Å². The van der Waals surface area contributed by atoms with Crippen LogP contribution in [0.1, 0.15) is 36.0 Å². The Hall–Kier alpha value is -3.30. The van der Waals surface area contributed by atoms with Crippen molar-refractivity contribution in [2.45, 2.75) is 36.9 Å². The highest BCUT2D eigenvalue weighted by atomic mass is 32.2. The molecule has 38 heavy (non-hydrogen) atoms. The molecule has 0 spiro atoms. The van der Waals surface area contributed by atoms with Gasteiger partial charge in [0.05, 0.1) is 25.9 Å². The molecular weight excluding hydrogens is 502 g/mol. The lowest BCUT2D eigenvalue weighted by molar-refractivity contribution is -0.268. The number of thioether (sulfide) groups is 1. The molecule has 0 aliphatic carbocycles. The van der Waals surface area contributed by atoms with Gasteiger partial charge in [-0.05, 0) is 35.4 Å². The second-order valence-electron chi connectivity index (χ2n) is 8.92. The number of anilines is 1. The number of amides is 1. The average Bonchev–Trinajstić information content (AvgIpc) is 2.96. The van der Waals surface area contributed by atoms with Crippen LogP contribution in [0.3, 0.4) is 0 Å². The van der Waals surface area contributed by atoms with E-state index in [0.717, 1.165) is 27.3 Å². The largest absolute Gasteiger partial charge is 0.496 e. The Bertz CT molecular complexity index is 1200. The van der Waals surface area contributed by atoms with Crippen LogP contribution in [0.4, 0.5) is 10.5 Å². The van der Waals surface area contributed by atoms with Crippen molar-refractivity contribution < 1.29 is 28.8 Å². The second-order valence-corrected chi connectivity index (χ2v) is 9.98. The maximum atomic E-state index is 11.9. The van der Waals surface area contributed by atoms with E-state index in [-0.39, 0.29) is 31.3 Å². The summed E-state index contributed by atoms with van der Waals surface area (Å²) in [6.45, 7) is 5.81. The van der Waals surface area contributed by atoms with Gasteiger partial charge >= 0.3 is 6.09 Å². The van der Waals surface area contributed by atoms with Gasteiger partial charge in [-0.2, -0.15) is 0 Å². The molecule has 1 fully saturated rings. The van der Waals surface area contributed by atoms with Gasteiger partial charge in [-0.1, -0.05) is 68.1 Å². The first-order chi connectivity index (χ1) is 18.5. The van der Waals surface area contributed by atoms with E-state index in [1.165, 1.54) is 6.08 Å². The first-order valence-corrected chi connectivity index (χ1v) is 13.4. The van der Waals surface area contributed by atoms with Crippen LogP contribution < -0.4 is 10.1 Å². The van der Waals surface area contributed by atoms with Gasteiger partial charge in [0, 0.05) is 27.8 Å². The molecule has 1 aliphatic heterocycles. The quantitative estimate of drug-likeness (QED) is 0.226. The fourth-order valence-corrected chi connectivity index (χ4v) is 5.43. The third kappa shape index (κ3) is 6.96. The number of hydrogen-bond donors (Lipinski definition) is 2. The summed E-state index contributed by atoms with van der Waals surface area (Å²) < 4.78 is 23.5. The summed E-state index contributed by atoms with van der Waals surface area (Å²) >= 11 is 1.69. The van der Waals surface area contributed by atoms with Gasteiger partial charge < -0.3 is 24.1 Å². The summed E-state index contributed by atoms with van der Waals surface area (Å²) in [5.41, 5.74) is 3.32. The first-order valence-electron chi connectivity index (χ1n) is 12.4. The molecule has 1 amide bonds. The molecule has 7 nitrogen and oxygen atoms in total. The Balaban J connectivity index is 1.54. The van der Waals surface area contributed by atoms with Crippen molar-refractivity contribution in [2.75, 3.05) is 24.8 Å². The van der Waals surface area contributed by atoms with E-state index in [1.54, 1.807) is 31.0 Å². The smallest absolute Gasteiger partial charge is 0.411 e. The van der Waals surface area contributed by atoms with Crippen LogP contribution in [0.5, 0.6) is 5.75 Å². The van der Waals surface area contributed by atoms with Crippen LogP contribution in [0.2, 0.25) is 0 Å². The molecule has 2 N–H and O–H groups in total. The second kappa shape index (κ2) is 13.5. The Labute approximate surface area is 227 Å². The molecule has 0 aromatic heterocycles. The standard InChI is InChI=1S/C30H33NO6S/c1-4-17-35-30(33)31-24-15-13-23(14-16-24)29-36-26(19-38-27-8-6-5-7-25(27)34-3)20(2)28(37-29)22-11-9-21(18-32)10-12-22/h4-16,20,26,28-29,32H,1,17-19H2,2-3H3,(H,31,33)/t20-,26+,28+,29+/m0/s1. The summed E-state index contributed by atoms with van der Waals surface area (Å²) in [7, 11) is 1.67. The zero-order valence-corrected chi connectivity index (χ0v) is 22.4. The van der Waals surface area contributed by atoms with Crippen LogP contribution in [0.15, 0.2) is 90.3 Å². The number of aliphatic hydroxyl groups excluding tert-OH is 1. The molecular formula is C30H33NO6S. The SMILES string of the molecule is C=CCOC(=O)Nc1ccc([C@@H]2O[C@H](CSc3ccccc3OC)[C@H](C)[C@H](c3ccc(CO)cc3)O2)cc1. The Morgan fingerprint density at radius 2 is 1.76 bits per heavy atom. The zero-order valence-electron chi connectivity index (χ0n) is 21.5. The van der Waals surface area contributed by atoms with E-state index < -0.39 is 12.4 Å². The fraction of sp³-hybridized carbons (Fsp3) is 0.300. The van der Waals surface area contributed by atoms with Crippen LogP contribution >= 0.6 is 11.8 Å². The molecule has 4 rings (SSSR count). The number of carbonyl (C=O) groups is 1. The molecule has 3 aromatic carbocycles. The number of methoxy groups -OCH3 is 1. The highest BCUT2D eigenvalue weighted by molar-refractivity contribution is 7.99. The van der Waals surface area contributed by atoms with Crippen molar-refractivity contribution in [1.82, 2.24) is 0 Å². The molecule has 0 saturated carbocycles. The van der Waals surface area contributed by atoms with Crippen molar-refractivity contribution in [1.29, 1.82) is 0 Å². The minimum absolute atomic E-state index is 0.00716. The van der Waals surface area contributed by atoms with Gasteiger partial charge in [0.15, 0.2) is 6.29 Å². The number of carbonyl (C=O) groups excluding carboxylic acids is 1. The Morgan fingerprint density at radius 1 is 1.05 bits per heavy atom. The normalized spacial score (nSPS) is 20.9. The van der Waals surface area contributed by atoms with Crippen molar-refractivity contribution in [2.24, 2.45) is 5.92 Å². The Morgan fingerprint density at radius 3 is 2.45 bits per heavy atom. The third-order valence-corrected chi connectivity index (χ3v) is 7.50.